The number of aromatic nitrogens is 3. The van der Waals surface area contributed by atoms with Gasteiger partial charge in [0.1, 0.15) is 11.6 Å². The molecule has 1 aliphatic heterocycles. The van der Waals surface area contributed by atoms with Crippen molar-refractivity contribution in [2.24, 2.45) is 0 Å². The van der Waals surface area contributed by atoms with Crippen LogP contribution in [0, 0.1) is 6.92 Å². The molecular formula is C26H28Cl2N4O2S. The lowest BCUT2D eigenvalue weighted by molar-refractivity contribution is 0.133. The molecule has 184 valence electrons. The summed E-state index contributed by atoms with van der Waals surface area (Å²) in [6.07, 6.45) is 2.09. The zero-order valence-electron chi connectivity index (χ0n) is 20.2. The van der Waals surface area contributed by atoms with Crippen LogP contribution >= 0.6 is 35.8 Å². The molecule has 0 saturated carbocycles. The zero-order valence-corrected chi connectivity index (χ0v) is 22.6. The van der Waals surface area contributed by atoms with E-state index in [4.69, 9.17) is 31.2 Å². The number of methoxy groups -OCH3 is 1. The van der Waals surface area contributed by atoms with Crippen molar-refractivity contribution in [3.05, 3.63) is 70.0 Å². The molecule has 4 aromatic rings. The molecule has 0 N–H and O–H groups in total. The minimum atomic E-state index is 0. The second kappa shape index (κ2) is 10.7. The summed E-state index contributed by atoms with van der Waals surface area (Å²) < 4.78 is 13.1. The average Bonchev–Trinajstić information content (AvgIpc) is 3.45. The number of hydrogen-bond donors (Lipinski definition) is 0. The fraction of sp³-hybridized carbons (Fsp3) is 0.308. The molecule has 0 fully saturated rings. The third-order valence-corrected chi connectivity index (χ3v) is 7.30. The molecule has 0 amide bonds. The first-order valence-corrected chi connectivity index (χ1v) is 12.8. The maximum Gasteiger partial charge on any atom is 0.165 e. The number of thioether (sulfide) groups is 1. The molecule has 0 saturated heterocycles. The van der Waals surface area contributed by atoms with Crippen molar-refractivity contribution in [1.29, 1.82) is 0 Å². The number of anilines is 1. The largest absolute Gasteiger partial charge is 0.497 e. The number of hydrogen-bond acceptors (Lipinski definition) is 6. The van der Waals surface area contributed by atoms with Crippen LogP contribution in [0.25, 0.3) is 16.8 Å². The number of benzene rings is 2. The van der Waals surface area contributed by atoms with E-state index in [0.29, 0.717) is 18.2 Å². The first-order chi connectivity index (χ1) is 16.5. The van der Waals surface area contributed by atoms with E-state index < -0.39 is 0 Å². The van der Waals surface area contributed by atoms with Gasteiger partial charge in [-0.25, -0.2) is 4.98 Å². The molecule has 2 aromatic carbocycles. The first-order valence-electron chi connectivity index (χ1n) is 11.2. The number of halogens is 2. The number of rotatable bonds is 7. The van der Waals surface area contributed by atoms with Gasteiger partial charge in [-0.05, 0) is 56.0 Å². The predicted octanol–water partition coefficient (Wildman–Crippen LogP) is 6.57. The Kier molecular flexibility index (Phi) is 7.81. The predicted molar refractivity (Wildman–Crippen MR) is 145 cm³/mol. The Balaban J connectivity index is 0.00000289. The summed E-state index contributed by atoms with van der Waals surface area (Å²) in [5.41, 5.74) is 6.81. The minimum absolute atomic E-state index is 0. The number of fused-ring (bicyclic) bond motifs is 2. The van der Waals surface area contributed by atoms with Crippen molar-refractivity contribution in [3.8, 4) is 16.9 Å². The van der Waals surface area contributed by atoms with Gasteiger partial charge < -0.3 is 14.4 Å². The van der Waals surface area contributed by atoms with Crippen LogP contribution in [-0.4, -0.2) is 34.5 Å². The fourth-order valence-corrected chi connectivity index (χ4v) is 5.16. The highest BCUT2D eigenvalue weighted by atomic mass is 35.5. The lowest BCUT2D eigenvalue weighted by Crippen LogP contribution is -2.26. The Bertz CT molecular complexity index is 1360. The van der Waals surface area contributed by atoms with E-state index in [2.05, 4.69) is 42.3 Å². The molecule has 0 radical (unpaired) electrons. The first kappa shape index (κ1) is 25.6. The van der Waals surface area contributed by atoms with Gasteiger partial charge in [-0.15, -0.1) is 24.2 Å². The van der Waals surface area contributed by atoms with Crippen LogP contribution in [0.15, 0.2) is 47.4 Å². The van der Waals surface area contributed by atoms with Gasteiger partial charge in [0.2, 0.25) is 0 Å². The summed E-state index contributed by atoms with van der Waals surface area (Å²) in [6, 6.07) is 14.4. The third kappa shape index (κ3) is 4.70. The Morgan fingerprint density at radius 1 is 1.17 bits per heavy atom. The quantitative estimate of drug-likeness (QED) is 0.252. The minimum Gasteiger partial charge on any atom is -0.497 e. The maximum absolute atomic E-state index is 6.67. The van der Waals surface area contributed by atoms with E-state index in [1.54, 1.807) is 18.9 Å². The normalized spacial score (nSPS) is 12.5. The maximum atomic E-state index is 6.67. The van der Waals surface area contributed by atoms with Crippen molar-refractivity contribution in [1.82, 2.24) is 14.6 Å². The summed E-state index contributed by atoms with van der Waals surface area (Å²) in [7, 11) is 1.64. The van der Waals surface area contributed by atoms with Crippen LogP contribution in [-0.2, 0) is 24.5 Å². The molecule has 2 aromatic heterocycles. The topological polar surface area (TPSA) is 51.9 Å². The van der Waals surface area contributed by atoms with Crippen molar-refractivity contribution < 1.29 is 9.47 Å². The molecule has 0 bridgehead atoms. The molecule has 0 atom stereocenters. The van der Waals surface area contributed by atoms with Crippen LogP contribution in [0.4, 0.5) is 5.82 Å². The molecular weight excluding hydrogens is 503 g/mol. The number of aryl methyl sites for hydroxylation is 1. The highest BCUT2D eigenvalue weighted by Gasteiger charge is 2.28. The second-order valence-corrected chi connectivity index (χ2v) is 9.54. The summed E-state index contributed by atoms with van der Waals surface area (Å²) >= 11 is 8.42. The van der Waals surface area contributed by atoms with Gasteiger partial charge in [-0.2, -0.15) is 9.61 Å². The molecule has 1 aliphatic rings. The molecule has 9 heteroatoms. The van der Waals surface area contributed by atoms with E-state index in [1.165, 1.54) is 10.5 Å². The lowest BCUT2D eigenvalue weighted by atomic mass is 10.1. The molecule has 0 aliphatic carbocycles. The SMILES string of the molecule is CCN(Cc1ccc(SC)cc1)c1c2c(nc3c(-c4ccc(OC)cc4Cl)c(C)nn13)COC2.Cl. The van der Waals surface area contributed by atoms with Gasteiger partial charge in [-0.3, -0.25) is 0 Å². The number of nitrogens with zero attached hydrogens (tertiary/aromatic N) is 4. The van der Waals surface area contributed by atoms with Crippen LogP contribution in [0.5, 0.6) is 5.75 Å². The van der Waals surface area contributed by atoms with Crippen LogP contribution < -0.4 is 9.64 Å². The van der Waals surface area contributed by atoms with E-state index >= 15 is 0 Å². The van der Waals surface area contributed by atoms with E-state index in [9.17, 15) is 0 Å². The van der Waals surface area contributed by atoms with Gasteiger partial charge in [0.15, 0.2) is 5.65 Å². The highest BCUT2D eigenvalue weighted by molar-refractivity contribution is 7.98. The lowest BCUT2D eigenvalue weighted by Gasteiger charge is -2.26. The summed E-state index contributed by atoms with van der Waals surface area (Å²) in [4.78, 5) is 8.61. The molecule has 0 spiro atoms. The summed E-state index contributed by atoms with van der Waals surface area (Å²) in [5, 5.41) is 5.56. The molecule has 5 rings (SSSR count). The number of ether oxygens (including phenoxy) is 2. The smallest absolute Gasteiger partial charge is 0.165 e. The van der Waals surface area contributed by atoms with Gasteiger partial charge in [0, 0.05) is 29.1 Å². The standard InChI is InChI=1S/C26H27ClN4O2S.ClH/c1-5-30(13-17-6-9-19(34-4)10-7-17)26-21-14-33-15-23(21)28-25-24(16(2)29-31(25)26)20-11-8-18(32-3)12-22(20)27;/h6-12H,5,13-15H2,1-4H3;1H. The van der Waals surface area contributed by atoms with E-state index in [0.717, 1.165) is 58.4 Å². The fourth-order valence-electron chi connectivity index (χ4n) is 4.49. The van der Waals surface area contributed by atoms with Crippen molar-refractivity contribution >= 4 is 47.2 Å². The second-order valence-electron chi connectivity index (χ2n) is 8.26. The van der Waals surface area contributed by atoms with Gasteiger partial charge in [-0.1, -0.05) is 23.7 Å². The third-order valence-electron chi connectivity index (χ3n) is 6.24. The summed E-state index contributed by atoms with van der Waals surface area (Å²) in [5.74, 6) is 1.75. The van der Waals surface area contributed by atoms with Crippen LogP contribution in [0.3, 0.4) is 0 Å². The van der Waals surface area contributed by atoms with E-state index in [-0.39, 0.29) is 12.4 Å². The Morgan fingerprint density at radius 3 is 2.60 bits per heavy atom. The zero-order chi connectivity index (χ0) is 23.8. The average molecular weight is 532 g/mol. The van der Waals surface area contributed by atoms with Gasteiger partial charge in [0.05, 0.1) is 42.3 Å². The summed E-state index contributed by atoms with van der Waals surface area (Å²) in [6.45, 7) is 6.81. The monoisotopic (exact) mass is 530 g/mol. The molecule has 3 heterocycles. The molecule has 6 nitrogen and oxygen atoms in total. The van der Waals surface area contributed by atoms with Crippen molar-refractivity contribution in [2.75, 3.05) is 24.8 Å². The van der Waals surface area contributed by atoms with Crippen LogP contribution in [0.1, 0.15) is 29.4 Å². The van der Waals surface area contributed by atoms with Gasteiger partial charge in [0.25, 0.3) is 0 Å². The molecule has 0 unspecified atom stereocenters. The highest BCUT2D eigenvalue weighted by Crippen LogP contribution is 2.39. The van der Waals surface area contributed by atoms with Crippen molar-refractivity contribution in [2.45, 2.75) is 38.5 Å². The van der Waals surface area contributed by atoms with Crippen molar-refractivity contribution in [3.63, 3.8) is 0 Å². The van der Waals surface area contributed by atoms with Crippen LogP contribution in [0.2, 0.25) is 5.02 Å². The Morgan fingerprint density at radius 2 is 1.94 bits per heavy atom. The van der Waals surface area contributed by atoms with Gasteiger partial charge >= 0.3 is 0 Å². The van der Waals surface area contributed by atoms with E-state index in [1.807, 2.05) is 29.6 Å². The Hall–Kier alpha value is -2.45. The Labute approximate surface area is 221 Å². The molecule has 35 heavy (non-hydrogen) atoms.